The molecule has 0 aromatic heterocycles. The zero-order valence-electron chi connectivity index (χ0n) is 12.1. The lowest BCUT2D eigenvalue weighted by Crippen LogP contribution is -2.01. The monoisotopic (exact) mass is 306 g/mol. The van der Waals surface area contributed by atoms with Gasteiger partial charge in [-0.1, -0.05) is 30.3 Å². The average Bonchev–Trinajstić information content (AvgIpc) is 3.16. The van der Waals surface area contributed by atoms with Gasteiger partial charge in [-0.3, -0.25) is 4.79 Å². The lowest BCUT2D eigenvalue weighted by Gasteiger charge is -2.21. The Balaban J connectivity index is 2.00. The molecule has 2 aliphatic rings. The molecular formula is C20H15ClO. The third-order valence-electron chi connectivity index (χ3n) is 5.58. The summed E-state index contributed by atoms with van der Waals surface area (Å²) < 4.78 is 0. The standard InChI is InChI=1S/C20H15ClO/c21-20(22)13-7-8-15-14-3-1-2-4-16(14)18-11-5-6-12(9-11)19(18)17(15)10-13/h1-4,7-8,10-12H,5-6,9H2. The second-order valence-electron chi connectivity index (χ2n) is 6.61. The lowest BCUT2D eigenvalue weighted by atomic mass is 9.83. The third kappa shape index (κ3) is 1.52. The summed E-state index contributed by atoms with van der Waals surface area (Å²) in [6.07, 6.45) is 3.86. The molecule has 2 heteroatoms. The predicted octanol–water partition coefficient (Wildman–Crippen LogP) is 5.74. The fourth-order valence-corrected chi connectivity index (χ4v) is 4.87. The first kappa shape index (κ1) is 12.7. The molecule has 0 saturated heterocycles. The van der Waals surface area contributed by atoms with Gasteiger partial charge in [0, 0.05) is 5.56 Å². The van der Waals surface area contributed by atoms with Crippen LogP contribution in [0, 0.1) is 0 Å². The fraction of sp³-hybridized carbons (Fsp3) is 0.250. The van der Waals surface area contributed by atoms with Gasteiger partial charge < -0.3 is 0 Å². The highest BCUT2D eigenvalue weighted by atomic mass is 35.5. The third-order valence-corrected chi connectivity index (χ3v) is 5.80. The largest absolute Gasteiger partial charge is 0.276 e. The summed E-state index contributed by atoms with van der Waals surface area (Å²) in [5.74, 6) is 1.36. The van der Waals surface area contributed by atoms with Crippen LogP contribution in [-0.4, -0.2) is 5.24 Å². The smallest absolute Gasteiger partial charge is 0.252 e. The molecule has 2 unspecified atom stereocenters. The number of hydrogen-bond acceptors (Lipinski definition) is 1. The van der Waals surface area contributed by atoms with Gasteiger partial charge in [-0.25, -0.2) is 0 Å². The van der Waals surface area contributed by atoms with Crippen LogP contribution in [-0.2, 0) is 0 Å². The molecule has 0 spiro atoms. The van der Waals surface area contributed by atoms with Crippen molar-refractivity contribution in [1.82, 2.24) is 0 Å². The molecule has 108 valence electrons. The first-order valence-electron chi connectivity index (χ1n) is 7.92. The maximum atomic E-state index is 11.6. The molecule has 0 N–H and O–H groups in total. The number of carbonyl (C=O) groups is 1. The second-order valence-corrected chi connectivity index (χ2v) is 6.96. The molecule has 0 aliphatic heterocycles. The Kier molecular flexibility index (Phi) is 2.49. The van der Waals surface area contributed by atoms with Gasteiger partial charge in [0.25, 0.3) is 5.24 Å². The highest BCUT2D eigenvalue weighted by Crippen LogP contribution is 2.57. The van der Waals surface area contributed by atoms with E-state index < -0.39 is 0 Å². The zero-order valence-corrected chi connectivity index (χ0v) is 12.9. The van der Waals surface area contributed by atoms with Crippen LogP contribution < -0.4 is 0 Å². The van der Waals surface area contributed by atoms with Crippen molar-refractivity contribution in [3.63, 3.8) is 0 Å². The van der Waals surface area contributed by atoms with Gasteiger partial charge in [0.2, 0.25) is 0 Å². The molecule has 5 rings (SSSR count). The zero-order chi connectivity index (χ0) is 14.8. The number of rotatable bonds is 1. The van der Waals surface area contributed by atoms with E-state index in [4.69, 9.17) is 11.6 Å². The number of fused-ring (bicyclic) bond motifs is 10. The van der Waals surface area contributed by atoms with E-state index >= 15 is 0 Å². The Morgan fingerprint density at radius 3 is 2.23 bits per heavy atom. The Morgan fingerprint density at radius 1 is 0.864 bits per heavy atom. The summed E-state index contributed by atoms with van der Waals surface area (Å²) in [6, 6.07) is 14.6. The molecule has 22 heavy (non-hydrogen) atoms. The summed E-state index contributed by atoms with van der Waals surface area (Å²) in [7, 11) is 0. The van der Waals surface area contributed by atoms with Gasteiger partial charge in [0.05, 0.1) is 0 Å². The van der Waals surface area contributed by atoms with Crippen molar-refractivity contribution in [2.45, 2.75) is 31.1 Å². The van der Waals surface area contributed by atoms with Gasteiger partial charge in [0.1, 0.15) is 0 Å². The highest BCUT2D eigenvalue weighted by Gasteiger charge is 2.39. The van der Waals surface area contributed by atoms with Gasteiger partial charge in [0.15, 0.2) is 0 Å². The van der Waals surface area contributed by atoms with Crippen LogP contribution in [0.1, 0.15) is 52.6 Å². The summed E-state index contributed by atoms with van der Waals surface area (Å²) in [6.45, 7) is 0. The lowest BCUT2D eigenvalue weighted by molar-refractivity contribution is 0.108. The molecule has 0 radical (unpaired) electrons. The number of benzene rings is 3. The number of halogens is 1. The summed E-state index contributed by atoms with van der Waals surface area (Å²) in [5, 5.41) is 4.84. The van der Waals surface area contributed by atoms with Crippen LogP contribution in [0.25, 0.3) is 21.5 Å². The van der Waals surface area contributed by atoms with Gasteiger partial charge in [-0.2, -0.15) is 0 Å². The average molecular weight is 307 g/mol. The van der Waals surface area contributed by atoms with E-state index in [0.717, 1.165) is 0 Å². The molecule has 1 fully saturated rings. The molecule has 1 nitrogen and oxygen atoms in total. The normalized spacial score (nSPS) is 22.4. The van der Waals surface area contributed by atoms with Crippen molar-refractivity contribution in [1.29, 1.82) is 0 Å². The molecule has 3 aromatic rings. The summed E-state index contributed by atoms with van der Waals surface area (Å²) >= 11 is 5.71. The molecule has 3 aromatic carbocycles. The predicted molar refractivity (Wildman–Crippen MR) is 91.0 cm³/mol. The Bertz CT molecular complexity index is 957. The van der Waals surface area contributed by atoms with Crippen LogP contribution in [0.15, 0.2) is 42.5 Å². The van der Waals surface area contributed by atoms with Crippen molar-refractivity contribution in [2.75, 3.05) is 0 Å². The van der Waals surface area contributed by atoms with E-state index in [0.29, 0.717) is 17.4 Å². The molecule has 2 atom stereocenters. The van der Waals surface area contributed by atoms with E-state index in [-0.39, 0.29) is 5.24 Å². The fourth-order valence-electron chi connectivity index (χ4n) is 4.75. The summed E-state index contributed by atoms with van der Waals surface area (Å²) in [5.41, 5.74) is 3.64. The van der Waals surface area contributed by atoms with E-state index in [1.165, 1.54) is 46.4 Å². The first-order chi connectivity index (χ1) is 10.7. The Hall–Kier alpha value is -1.86. The second kappa shape index (κ2) is 4.33. The van der Waals surface area contributed by atoms with Crippen molar-refractivity contribution < 1.29 is 4.79 Å². The molecule has 0 amide bonds. The maximum Gasteiger partial charge on any atom is 0.252 e. The number of hydrogen-bond donors (Lipinski definition) is 0. The van der Waals surface area contributed by atoms with E-state index in [1.54, 1.807) is 5.56 Å². The van der Waals surface area contributed by atoms with Gasteiger partial charge in [-0.15, -0.1) is 0 Å². The van der Waals surface area contributed by atoms with Crippen molar-refractivity contribution in [3.8, 4) is 0 Å². The highest BCUT2D eigenvalue weighted by molar-refractivity contribution is 6.67. The minimum atomic E-state index is -0.369. The van der Waals surface area contributed by atoms with E-state index in [2.05, 4.69) is 30.3 Å². The molecule has 1 saturated carbocycles. The van der Waals surface area contributed by atoms with Gasteiger partial charge in [-0.05, 0) is 87.5 Å². The minimum Gasteiger partial charge on any atom is -0.276 e. The number of carbonyl (C=O) groups excluding carboxylic acids is 1. The van der Waals surface area contributed by atoms with Crippen molar-refractivity contribution in [2.24, 2.45) is 0 Å². The van der Waals surface area contributed by atoms with E-state index in [9.17, 15) is 4.79 Å². The maximum absolute atomic E-state index is 11.6. The minimum absolute atomic E-state index is 0.369. The quantitative estimate of drug-likeness (QED) is 0.414. The van der Waals surface area contributed by atoms with Crippen molar-refractivity contribution in [3.05, 3.63) is 59.2 Å². The Labute approximate surface area is 133 Å². The van der Waals surface area contributed by atoms with Crippen LogP contribution in [0.2, 0.25) is 0 Å². The van der Waals surface area contributed by atoms with Crippen LogP contribution in [0.4, 0.5) is 0 Å². The SMILES string of the molecule is O=C(Cl)c1ccc2c(c1)c1c(c3ccccc32)C2CCC1C2. The molecule has 2 aliphatic carbocycles. The van der Waals surface area contributed by atoms with E-state index in [1.807, 2.05) is 12.1 Å². The molecule has 0 heterocycles. The first-order valence-corrected chi connectivity index (χ1v) is 8.30. The van der Waals surface area contributed by atoms with Crippen LogP contribution in [0.3, 0.4) is 0 Å². The Morgan fingerprint density at radius 2 is 1.50 bits per heavy atom. The van der Waals surface area contributed by atoms with Gasteiger partial charge >= 0.3 is 0 Å². The van der Waals surface area contributed by atoms with Crippen molar-refractivity contribution >= 4 is 38.4 Å². The van der Waals surface area contributed by atoms with Crippen LogP contribution in [0.5, 0.6) is 0 Å². The molecular weight excluding hydrogens is 292 g/mol. The summed E-state index contributed by atoms with van der Waals surface area (Å²) in [4.78, 5) is 11.6. The topological polar surface area (TPSA) is 17.1 Å². The van der Waals surface area contributed by atoms with Crippen LogP contribution >= 0.6 is 11.6 Å². The molecule has 2 bridgehead atoms.